The summed E-state index contributed by atoms with van der Waals surface area (Å²) in [6, 6.07) is 2.05. The Kier molecular flexibility index (Phi) is 6.76. The quantitative estimate of drug-likeness (QED) is 0.826. The van der Waals surface area contributed by atoms with Crippen molar-refractivity contribution in [2.45, 2.75) is 39.8 Å². The van der Waals surface area contributed by atoms with Gasteiger partial charge in [-0.2, -0.15) is 0 Å². The van der Waals surface area contributed by atoms with E-state index in [0.717, 1.165) is 24.0 Å². The maximum Gasteiger partial charge on any atom is 0.268 e. The first kappa shape index (κ1) is 17.2. The van der Waals surface area contributed by atoms with Crippen LogP contribution in [0.25, 0.3) is 0 Å². The Morgan fingerprint density at radius 2 is 2.10 bits per heavy atom. The average molecular weight is 344 g/mol. The number of aryl methyl sites for hydroxylation is 1. The van der Waals surface area contributed by atoms with Crippen molar-refractivity contribution in [3.8, 4) is 0 Å². The Morgan fingerprint density at radius 3 is 2.60 bits per heavy atom. The largest absolute Gasteiger partial charge is 0.347 e. The number of carbonyl (C=O) groups is 1. The Morgan fingerprint density at radius 1 is 1.45 bits per heavy atom. The third-order valence-corrected chi connectivity index (χ3v) is 3.55. The van der Waals surface area contributed by atoms with E-state index >= 15 is 0 Å². The molecule has 1 aromatic heterocycles. The second-order valence-electron chi connectivity index (χ2n) is 5.89. The molecule has 114 valence electrons. The van der Waals surface area contributed by atoms with E-state index < -0.39 is 0 Å². The van der Waals surface area contributed by atoms with Gasteiger partial charge in [0.25, 0.3) is 5.91 Å². The van der Waals surface area contributed by atoms with Crippen molar-refractivity contribution in [3.05, 3.63) is 22.4 Å². The molecular formula is C15H26BrN3O. The lowest BCUT2D eigenvalue weighted by molar-refractivity contribution is 0.0915. The van der Waals surface area contributed by atoms with Crippen molar-refractivity contribution in [3.63, 3.8) is 0 Å². The molecule has 1 aromatic rings. The summed E-state index contributed by atoms with van der Waals surface area (Å²) in [5.74, 6) is 0.565. The molecule has 0 saturated heterocycles. The smallest absolute Gasteiger partial charge is 0.268 e. The number of rotatable bonds is 7. The molecule has 20 heavy (non-hydrogen) atoms. The number of amides is 1. The van der Waals surface area contributed by atoms with Gasteiger partial charge < -0.3 is 14.8 Å². The van der Waals surface area contributed by atoms with E-state index in [9.17, 15) is 4.79 Å². The topological polar surface area (TPSA) is 37.3 Å². The molecule has 0 spiro atoms. The highest BCUT2D eigenvalue weighted by molar-refractivity contribution is 9.10. The van der Waals surface area contributed by atoms with Gasteiger partial charge in [-0.3, -0.25) is 4.79 Å². The number of hydrogen-bond donors (Lipinski definition) is 1. The summed E-state index contributed by atoms with van der Waals surface area (Å²) in [6.07, 6.45) is 2.93. The molecule has 1 rings (SSSR count). The van der Waals surface area contributed by atoms with Crippen LogP contribution in [0, 0.1) is 5.92 Å². The van der Waals surface area contributed by atoms with Gasteiger partial charge in [0, 0.05) is 29.8 Å². The van der Waals surface area contributed by atoms with Crippen LogP contribution in [-0.4, -0.2) is 42.1 Å². The average Bonchev–Trinajstić information content (AvgIpc) is 2.68. The van der Waals surface area contributed by atoms with Gasteiger partial charge in [0.05, 0.1) is 0 Å². The van der Waals surface area contributed by atoms with Crippen molar-refractivity contribution in [2.75, 3.05) is 20.6 Å². The molecule has 0 aliphatic carbocycles. The summed E-state index contributed by atoms with van der Waals surface area (Å²) < 4.78 is 2.90. The molecule has 1 heterocycles. The van der Waals surface area contributed by atoms with Gasteiger partial charge in [-0.1, -0.05) is 13.8 Å². The minimum Gasteiger partial charge on any atom is -0.347 e. The van der Waals surface area contributed by atoms with E-state index in [4.69, 9.17) is 0 Å². The zero-order valence-electron chi connectivity index (χ0n) is 13.1. The highest BCUT2D eigenvalue weighted by Gasteiger charge is 2.18. The minimum absolute atomic E-state index is 0.00468. The Hall–Kier alpha value is -0.810. The maximum absolute atomic E-state index is 12.4. The predicted octanol–water partition coefficient (Wildman–Crippen LogP) is 2.98. The molecule has 0 aromatic carbocycles. The molecule has 1 amide bonds. The van der Waals surface area contributed by atoms with Crippen LogP contribution in [0.5, 0.6) is 0 Å². The fourth-order valence-electron chi connectivity index (χ4n) is 2.38. The lowest BCUT2D eigenvalue weighted by Gasteiger charge is -2.24. The third kappa shape index (κ3) is 5.29. The molecule has 0 fully saturated rings. The molecule has 4 nitrogen and oxygen atoms in total. The number of hydrogen-bond acceptors (Lipinski definition) is 2. The summed E-state index contributed by atoms with van der Waals surface area (Å²) in [4.78, 5) is 14.6. The van der Waals surface area contributed by atoms with Crippen LogP contribution in [0.4, 0.5) is 0 Å². The van der Waals surface area contributed by atoms with Crippen molar-refractivity contribution < 1.29 is 4.79 Å². The van der Waals surface area contributed by atoms with Crippen LogP contribution >= 0.6 is 15.9 Å². The standard InChI is InChI=1S/C15H26BrN3O/c1-6-19-9-12(16)8-14(19)15(20)17-13(7-11(2)3)10-18(4)5/h8-9,11,13H,6-7,10H2,1-5H3,(H,17,20). The van der Waals surface area contributed by atoms with Crippen molar-refractivity contribution in [1.29, 1.82) is 0 Å². The Bertz CT molecular complexity index is 430. The molecule has 1 N–H and O–H groups in total. The SMILES string of the molecule is CCn1cc(Br)cc1C(=O)NC(CC(C)C)CN(C)C. The highest BCUT2D eigenvalue weighted by atomic mass is 79.9. The number of nitrogens with one attached hydrogen (secondary N) is 1. The molecule has 0 saturated carbocycles. The summed E-state index contributed by atoms with van der Waals surface area (Å²) in [5.41, 5.74) is 0.715. The first-order valence-corrected chi connectivity index (χ1v) is 7.94. The van der Waals surface area contributed by atoms with Crippen LogP contribution in [0.15, 0.2) is 16.7 Å². The number of halogens is 1. The summed E-state index contributed by atoms with van der Waals surface area (Å²) in [7, 11) is 4.07. The van der Waals surface area contributed by atoms with Gasteiger partial charge in [0.1, 0.15) is 5.69 Å². The van der Waals surface area contributed by atoms with Gasteiger partial charge in [-0.15, -0.1) is 0 Å². The van der Waals surface area contributed by atoms with Crippen molar-refractivity contribution >= 4 is 21.8 Å². The second kappa shape index (κ2) is 7.84. The van der Waals surface area contributed by atoms with Crippen molar-refractivity contribution in [1.82, 2.24) is 14.8 Å². The first-order valence-electron chi connectivity index (χ1n) is 7.14. The fraction of sp³-hybridized carbons (Fsp3) is 0.667. The normalized spacial score (nSPS) is 13.0. The highest BCUT2D eigenvalue weighted by Crippen LogP contribution is 2.15. The molecule has 0 aliphatic rings. The number of likely N-dealkylation sites (N-methyl/N-ethyl adjacent to an activating group) is 1. The van der Waals surface area contributed by atoms with Crippen LogP contribution in [-0.2, 0) is 6.54 Å². The van der Waals surface area contributed by atoms with Crippen molar-refractivity contribution in [2.24, 2.45) is 5.92 Å². The molecule has 0 radical (unpaired) electrons. The van der Waals surface area contributed by atoms with Gasteiger partial charge in [-0.05, 0) is 55.4 Å². The lowest BCUT2D eigenvalue weighted by atomic mass is 10.0. The van der Waals surface area contributed by atoms with Crippen LogP contribution in [0.2, 0.25) is 0 Å². The fourth-order valence-corrected chi connectivity index (χ4v) is 2.84. The predicted molar refractivity (Wildman–Crippen MR) is 87.1 cm³/mol. The third-order valence-electron chi connectivity index (χ3n) is 3.11. The van der Waals surface area contributed by atoms with Gasteiger partial charge in [0.2, 0.25) is 0 Å². The number of nitrogens with zero attached hydrogens (tertiary/aromatic N) is 2. The van der Waals surface area contributed by atoms with E-state index in [2.05, 4.69) is 40.0 Å². The van der Waals surface area contributed by atoms with Crippen LogP contribution < -0.4 is 5.32 Å². The summed E-state index contributed by atoms with van der Waals surface area (Å²) in [5, 5.41) is 3.16. The summed E-state index contributed by atoms with van der Waals surface area (Å²) in [6.45, 7) is 8.05. The van der Waals surface area contributed by atoms with Gasteiger partial charge >= 0.3 is 0 Å². The number of carbonyl (C=O) groups excluding carboxylic acids is 1. The Balaban J connectivity index is 2.78. The molecule has 0 aliphatic heterocycles. The summed E-state index contributed by atoms with van der Waals surface area (Å²) >= 11 is 3.43. The molecule has 0 bridgehead atoms. The zero-order chi connectivity index (χ0) is 15.3. The minimum atomic E-state index is 0.00468. The Labute approximate surface area is 130 Å². The second-order valence-corrected chi connectivity index (χ2v) is 6.81. The maximum atomic E-state index is 12.4. The molecule has 1 unspecified atom stereocenters. The molecule has 1 atom stereocenters. The number of aromatic nitrogens is 1. The lowest BCUT2D eigenvalue weighted by Crippen LogP contribution is -2.43. The van der Waals surface area contributed by atoms with Gasteiger partial charge in [-0.25, -0.2) is 0 Å². The molecular weight excluding hydrogens is 318 g/mol. The van der Waals surface area contributed by atoms with Gasteiger partial charge in [0.15, 0.2) is 0 Å². The molecule has 5 heteroatoms. The monoisotopic (exact) mass is 343 g/mol. The van der Waals surface area contributed by atoms with E-state index in [-0.39, 0.29) is 11.9 Å². The van der Waals surface area contributed by atoms with E-state index in [1.54, 1.807) is 0 Å². The first-order chi connectivity index (χ1) is 9.33. The van der Waals surface area contributed by atoms with Crippen LogP contribution in [0.3, 0.4) is 0 Å². The zero-order valence-corrected chi connectivity index (χ0v) is 14.7. The van der Waals surface area contributed by atoms with E-state index in [0.29, 0.717) is 11.6 Å². The van der Waals surface area contributed by atoms with E-state index in [1.165, 1.54) is 0 Å². The van der Waals surface area contributed by atoms with Crippen LogP contribution in [0.1, 0.15) is 37.7 Å². The van der Waals surface area contributed by atoms with E-state index in [1.807, 2.05) is 37.8 Å².